The van der Waals surface area contributed by atoms with Crippen molar-refractivity contribution in [1.29, 1.82) is 0 Å². The van der Waals surface area contributed by atoms with Gasteiger partial charge in [-0.3, -0.25) is 4.79 Å². The highest BCUT2D eigenvalue weighted by atomic mass is 19.4. The van der Waals surface area contributed by atoms with Crippen molar-refractivity contribution >= 4 is 5.91 Å². The lowest BCUT2D eigenvalue weighted by atomic mass is 10.3. The molecule has 0 aliphatic rings. The van der Waals surface area contributed by atoms with Crippen LogP contribution in [0, 0.1) is 0 Å². The fourth-order valence-corrected chi connectivity index (χ4v) is 1.15. The number of hydrogen-bond acceptors (Lipinski definition) is 5. The van der Waals surface area contributed by atoms with Crippen molar-refractivity contribution < 1.29 is 37.3 Å². The normalized spacial score (nSPS) is 14.0. The van der Waals surface area contributed by atoms with Gasteiger partial charge in [-0.25, -0.2) is 0 Å². The van der Waals surface area contributed by atoms with E-state index in [1.807, 2.05) is 0 Å². The number of halogens is 3. The van der Waals surface area contributed by atoms with Gasteiger partial charge in [0, 0.05) is 6.54 Å². The Bertz CT molecular complexity index is 308. The van der Waals surface area contributed by atoms with Crippen LogP contribution in [0.15, 0.2) is 0 Å². The number of alkyl halides is 3. The number of carbonyl (C=O) groups excluding carboxylic acids is 1. The van der Waals surface area contributed by atoms with Crippen molar-refractivity contribution in [2.24, 2.45) is 0 Å². The van der Waals surface area contributed by atoms with Crippen LogP contribution in [-0.4, -0.2) is 62.1 Å². The minimum absolute atomic E-state index is 0.0554. The molecule has 1 unspecified atom stereocenters. The molecule has 0 saturated carbocycles. The van der Waals surface area contributed by atoms with Crippen LogP contribution in [0.1, 0.15) is 20.8 Å². The molecule has 0 aliphatic carbocycles. The zero-order valence-corrected chi connectivity index (χ0v) is 12.3. The Morgan fingerprint density at radius 1 is 1.19 bits per heavy atom. The first kappa shape index (κ1) is 20.1. The molecule has 2 N–H and O–H groups in total. The van der Waals surface area contributed by atoms with Crippen LogP contribution in [-0.2, 0) is 19.0 Å². The van der Waals surface area contributed by atoms with Crippen LogP contribution < -0.4 is 5.32 Å². The Labute approximate surface area is 121 Å². The van der Waals surface area contributed by atoms with Gasteiger partial charge in [0.25, 0.3) is 0 Å². The number of rotatable bonds is 10. The van der Waals surface area contributed by atoms with E-state index in [1.165, 1.54) is 0 Å². The average Bonchev–Trinajstić information content (AvgIpc) is 2.34. The third kappa shape index (κ3) is 11.4. The van der Waals surface area contributed by atoms with E-state index in [0.717, 1.165) is 0 Å². The van der Waals surface area contributed by atoms with E-state index in [4.69, 9.17) is 19.3 Å². The Balaban J connectivity index is 3.58. The highest BCUT2D eigenvalue weighted by Gasteiger charge is 2.38. The summed E-state index contributed by atoms with van der Waals surface area (Å²) in [6.07, 6.45) is -5.49. The lowest BCUT2D eigenvalue weighted by molar-refractivity contribution is -0.227. The minimum Gasteiger partial charge on any atom is -0.391 e. The van der Waals surface area contributed by atoms with E-state index in [1.54, 1.807) is 26.1 Å². The summed E-state index contributed by atoms with van der Waals surface area (Å²) >= 11 is 0. The highest BCUT2D eigenvalue weighted by molar-refractivity contribution is 5.81. The van der Waals surface area contributed by atoms with Crippen molar-refractivity contribution in [3.05, 3.63) is 0 Å². The Morgan fingerprint density at radius 2 is 1.81 bits per heavy atom. The van der Waals surface area contributed by atoms with Gasteiger partial charge in [-0.05, 0) is 20.8 Å². The van der Waals surface area contributed by atoms with Crippen LogP contribution in [0.2, 0.25) is 0 Å². The fraction of sp³-hybridized carbons (Fsp3) is 0.917. The molecule has 0 heterocycles. The van der Waals surface area contributed by atoms with Crippen LogP contribution in [0.5, 0.6) is 0 Å². The standard InChI is InChI=1S/C12H22F3NO5/c1-9(17)8-21-11(2,3)20-7-6-19-5-4-16-10(18)12(13,14)15/h9,17H,4-8H2,1-3H3,(H,16,18). The highest BCUT2D eigenvalue weighted by Crippen LogP contribution is 2.13. The van der Waals surface area contributed by atoms with E-state index in [2.05, 4.69) is 0 Å². The van der Waals surface area contributed by atoms with Gasteiger partial charge < -0.3 is 24.6 Å². The molecule has 0 bridgehead atoms. The molecule has 0 aromatic carbocycles. The number of aliphatic hydroxyl groups is 1. The maximum atomic E-state index is 11.8. The van der Waals surface area contributed by atoms with Crippen LogP contribution in [0.4, 0.5) is 13.2 Å². The first-order chi connectivity index (χ1) is 9.54. The third-order valence-electron chi connectivity index (χ3n) is 2.14. The molecular weight excluding hydrogens is 295 g/mol. The number of carbonyl (C=O) groups is 1. The van der Waals surface area contributed by atoms with E-state index in [9.17, 15) is 18.0 Å². The van der Waals surface area contributed by atoms with Crippen molar-refractivity contribution in [3.63, 3.8) is 0 Å². The molecule has 0 aromatic rings. The Kier molecular flexibility index (Phi) is 8.79. The quantitative estimate of drug-likeness (QED) is 0.461. The predicted molar refractivity (Wildman–Crippen MR) is 67.5 cm³/mol. The molecular formula is C12H22F3NO5. The van der Waals surface area contributed by atoms with E-state index in [0.29, 0.717) is 0 Å². The van der Waals surface area contributed by atoms with Crippen molar-refractivity contribution in [2.75, 3.05) is 33.0 Å². The van der Waals surface area contributed by atoms with Crippen LogP contribution in [0.3, 0.4) is 0 Å². The average molecular weight is 317 g/mol. The van der Waals surface area contributed by atoms with Crippen molar-refractivity contribution in [3.8, 4) is 0 Å². The molecule has 6 nitrogen and oxygen atoms in total. The summed E-state index contributed by atoms with van der Waals surface area (Å²) in [4.78, 5) is 10.5. The van der Waals surface area contributed by atoms with Gasteiger partial charge in [0.05, 0.1) is 32.5 Å². The van der Waals surface area contributed by atoms with Gasteiger partial charge in [0.2, 0.25) is 0 Å². The molecule has 1 atom stereocenters. The Hall–Kier alpha value is -0.900. The maximum absolute atomic E-state index is 11.8. The lowest BCUT2D eigenvalue weighted by Crippen LogP contribution is -2.38. The Morgan fingerprint density at radius 3 is 2.33 bits per heavy atom. The zero-order chi connectivity index (χ0) is 16.5. The van der Waals surface area contributed by atoms with Crippen molar-refractivity contribution in [2.45, 2.75) is 38.8 Å². The van der Waals surface area contributed by atoms with E-state index in [-0.39, 0.29) is 33.0 Å². The molecule has 0 spiro atoms. The molecule has 0 fully saturated rings. The number of hydrogen-bond donors (Lipinski definition) is 2. The smallest absolute Gasteiger partial charge is 0.391 e. The predicted octanol–water partition coefficient (Wildman–Crippen LogP) is 0.832. The summed E-state index contributed by atoms with van der Waals surface area (Å²) < 4.78 is 51.1. The summed E-state index contributed by atoms with van der Waals surface area (Å²) in [5.41, 5.74) is 0. The number of amides is 1. The molecule has 0 aliphatic heterocycles. The SMILES string of the molecule is CC(O)COC(C)(C)OCCOCCNC(=O)C(F)(F)F. The maximum Gasteiger partial charge on any atom is 0.471 e. The van der Waals surface area contributed by atoms with E-state index >= 15 is 0 Å². The molecule has 1 amide bonds. The summed E-state index contributed by atoms with van der Waals surface area (Å²) in [5, 5.41) is 10.7. The monoisotopic (exact) mass is 317 g/mol. The van der Waals surface area contributed by atoms with Gasteiger partial charge in [-0.2, -0.15) is 13.2 Å². The number of nitrogens with one attached hydrogen (secondary N) is 1. The van der Waals surface area contributed by atoms with Gasteiger partial charge in [0.1, 0.15) is 0 Å². The van der Waals surface area contributed by atoms with Gasteiger partial charge in [-0.15, -0.1) is 0 Å². The van der Waals surface area contributed by atoms with Gasteiger partial charge in [-0.1, -0.05) is 0 Å². The zero-order valence-electron chi connectivity index (χ0n) is 12.3. The van der Waals surface area contributed by atoms with Crippen molar-refractivity contribution in [1.82, 2.24) is 5.32 Å². The second kappa shape index (κ2) is 9.19. The summed E-state index contributed by atoms with van der Waals surface area (Å²) in [5.74, 6) is -2.89. The molecule has 0 radical (unpaired) electrons. The second-order valence-electron chi connectivity index (χ2n) is 4.77. The number of aliphatic hydroxyl groups excluding tert-OH is 1. The second-order valence-corrected chi connectivity index (χ2v) is 4.77. The summed E-state index contributed by atoms with van der Waals surface area (Å²) in [6, 6.07) is 0. The van der Waals surface area contributed by atoms with Crippen LogP contribution >= 0.6 is 0 Å². The molecule has 21 heavy (non-hydrogen) atoms. The largest absolute Gasteiger partial charge is 0.471 e. The fourth-order valence-electron chi connectivity index (χ4n) is 1.15. The number of ether oxygens (including phenoxy) is 3. The minimum atomic E-state index is -4.88. The van der Waals surface area contributed by atoms with Gasteiger partial charge >= 0.3 is 12.1 Å². The topological polar surface area (TPSA) is 77.0 Å². The molecule has 126 valence electrons. The third-order valence-corrected chi connectivity index (χ3v) is 2.14. The first-order valence-electron chi connectivity index (χ1n) is 6.43. The molecule has 9 heteroatoms. The van der Waals surface area contributed by atoms with Crippen LogP contribution in [0.25, 0.3) is 0 Å². The van der Waals surface area contributed by atoms with E-state index < -0.39 is 24.0 Å². The summed E-state index contributed by atoms with van der Waals surface area (Å²) in [7, 11) is 0. The summed E-state index contributed by atoms with van der Waals surface area (Å²) in [6.45, 7) is 5.05. The van der Waals surface area contributed by atoms with Gasteiger partial charge in [0.15, 0.2) is 5.79 Å². The molecule has 0 rings (SSSR count). The molecule has 0 aromatic heterocycles. The lowest BCUT2D eigenvalue weighted by Gasteiger charge is -2.26. The molecule has 0 saturated heterocycles. The first-order valence-corrected chi connectivity index (χ1v) is 6.43.